The van der Waals surface area contributed by atoms with E-state index in [0.717, 1.165) is 11.1 Å². The van der Waals surface area contributed by atoms with E-state index in [9.17, 15) is 14.7 Å². The number of hydrogen-bond donors (Lipinski definition) is 1. The van der Waals surface area contributed by atoms with Crippen LogP contribution in [0.3, 0.4) is 0 Å². The van der Waals surface area contributed by atoms with Gasteiger partial charge in [-0.05, 0) is 60.1 Å². The Morgan fingerprint density at radius 2 is 1.48 bits per heavy atom. The maximum Gasteiger partial charge on any atom is 0.415 e. The van der Waals surface area contributed by atoms with E-state index in [1.54, 1.807) is 23.2 Å². The van der Waals surface area contributed by atoms with Crippen LogP contribution in [0.2, 0.25) is 0 Å². The van der Waals surface area contributed by atoms with E-state index >= 15 is 0 Å². The molecule has 168 valence electrons. The summed E-state index contributed by atoms with van der Waals surface area (Å²) in [5.74, 6) is -0.600. The lowest BCUT2D eigenvalue weighted by Crippen LogP contribution is -2.44. The number of carboxylic acid groups (broad SMARTS) is 1. The van der Waals surface area contributed by atoms with Crippen LogP contribution in [0.15, 0.2) is 72.9 Å². The van der Waals surface area contributed by atoms with E-state index in [0.29, 0.717) is 31.5 Å². The van der Waals surface area contributed by atoms with Gasteiger partial charge >= 0.3 is 12.1 Å². The lowest BCUT2D eigenvalue weighted by molar-refractivity contribution is -0.142. The second kappa shape index (κ2) is 9.06. The molecule has 1 N–H and O–H groups in total. The molecule has 1 saturated carbocycles. The molecule has 1 amide bonds. The summed E-state index contributed by atoms with van der Waals surface area (Å²) in [6, 6.07) is 21.8. The van der Waals surface area contributed by atoms with Crippen LogP contribution in [-0.4, -0.2) is 34.8 Å². The maximum atomic E-state index is 13.4. The molecule has 0 saturated heterocycles. The van der Waals surface area contributed by atoms with Crippen LogP contribution < -0.4 is 4.90 Å². The van der Waals surface area contributed by atoms with Gasteiger partial charge in [-0.1, -0.05) is 54.6 Å². The van der Waals surface area contributed by atoms with Crippen molar-refractivity contribution in [3.63, 3.8) is 0 Å². The second-order valence-electron chi connectivity index (χ2n) is 8.71. The average Bonchev–Trinajstić information content (AvgIpc) is 3.18. The molecule has 3 aromatic rings. The number of aromatic nitrogens is 1. The van der Waals surface area contributed by atoms with Gasteiger partial charge in [-0.15, -0.1) is 0 Å². The minimum Gasteiger partial charge on any atom is -0.481 e. The summed E-state index contributed by atoms with van der Waals surface area (Å²) in [4.78, 5) is 30.8. The van der Waals surface area contributed by atoms with Crippen molar-refractivity contribution in [3.8, 4) is 11.1 Å². The Labute approximate surface area is 192 Å². The zero-order valence-corrected chi connectivity index (χ0v) is 18.3. The third-order valence-corrected chi connectivity index (χ3v) is 6.84. The van der Waals surface area contributed by atoms with Crippen molar-refractivity contribution in [1.82, 2.24) is 4.98 Å². The Morgan fingerprint density at radius 3 is 2.06 bits per heavy atom. The van der Waals surface area contributed by atoms with Gasteiger partial charge in [0, 0.05) is 18.2 Å². The van der Waals surface area contributed by atoms with Crippen molar-refractivity contribution in [2.75, 3.05) is 11.5 Å². The minimum absolute atomic E-state index is 0.0188. The Balaban J connectivity index is 1.36. The molecule has 0 bridgehead atoms. The lowest BCUT2D eigenvalue weighted by atomic mass is 9.85. The number of aliphatic carboxylic acids is 1. The van der Waals surface area contributed by atoms with Crippen LogP contribution in [0.25, 0.3) is 11.1 Å². The van der Waals surface area contributed by atoms with E-state index < -0.39 is 12.1 Å². The first-order valence-corrected chi connectivity index (χ1v) is 11.4. The number of carboxylic acids is 1. The van der Waals surface area contributed by atoms with E-state index in [4.69, 9.17) is 4.74 Å². The topological polar surface area (TPSA) is 79.7 Å². The number of pyridine rings is 1. The van der Waals surface area contributed by atoms with Crippen molar-refractivity contribution in [1.29, 1.82) is 0 Å². The fourth-order valence-corrected chi connectivity index (χ4v) is 5.17. The van der Waals surface area contributed by atoms with Gasteiger partial charge in [-0.2, -0.15) is 0 Å². The Kier molecular flexibility index (Phi) is 5.82. The molecule has 5 rings (SSSR count). The molecule has 2 aliphatic rings. The van der Waals surface area contributed by atoms with Crippen LogP contribution in [0.1, 0.15) is 42.7 Å². The molecule has 33 heavy (non-hydrogen) atoms. The first kappa shape index (κ1) is 21.2. The first-order valence-electron chi connectivity index (χ1n) is 11.4. The molecule has 0 unspecified atom stereocenters. The molecule has 0 spiro atoms. The maximum absolute atomic E-state index is 13.4. The van der Waals surface area contributed by atoms with Gasteiger partial charge in [-0.3, -0.25) is 9.69 Å². The number of fused-ring (bicyclic) bond motifs is 3. The highest BCUT2D eigenvalue weighted by Crippen LogP contribution is 2.44. The zero-order chi connectivity index (χ0) is 22.8. The van der Waals surface area contributed by atoms with E-state index in [1.807, 2.05) is 30.3 Å². The predicted octanol–water partition coefficient (Wildman–Crippen LogP) is 5.48. The molecule has 1 heterocycles. The summed E-state index contributed by atoms with van der Waals surface area (Å²) in [5.41, 5.74) is 4.70. The average molecular weight is 443 g/mol. The molecule has 6 nitrogen and oxygen atoms in total. The standard InChI is InChI=1S/C27H26N2O4/c30-26(31)18-12-14-19(15-13-18)29(25-11-5-6-16-28-25)27(32)33-17-24-22-9-3-1-7-20(22)21-8-2-4-10-23(21)24/h1-11,16,18-19,24H,12-15,17H2,(H,30,31). The van der Waals surface area contributed by atoms with E-state index in [1.165, 1.54) is 11.1 Å². The fraction of sp³-hybridized carbons (Fsp3) is 0.296. The number of carbonyl (C=O) groups excluding carboxylic acids is 1. The van der Waals surface area contributed by atoms with Crippen LogP contribution in [0.4, 0.5) is 10.6 Å². The smallest absolute Gasteiger partial charge is 0.415 e. The summed E-state index contributed by atoms with van der Waals surface area (Å²) in [6.07, 6.45) is 3.52. The number of rotatable bonds is 5. The summed E-state index contributed by atoms with van der Waals surface area (Å²) < 4.78 is 5.91. The van der Waals surface area contributed by atoms with Gasteiger partial charge in [0.25, 0.3) is 0 Å². The van der Waals surface area contributed by atoms with Crippen LogP contribution >= 0.6 is 0 Å². The molecule has 0 aliphatic heterocycles. The van der Waals surface area contributed by atoms with Crippen molar-refractivity contribution in [2.45, 2.75) is 37.6 Å². The number of carbonyl (C=O) groups is 2. The Morgan fingerprint density at radius 1 is 0.879 bits per heavy atom. The quantitative estimate of drug-likeness (QED) is 0.566. The molecule has 1 fully saturated rings. The third-order valence-electron chi connectivity index (χ3n) is 6.84. The first-order chi connectivity index (χ1) is 16.1. The predicted molar refractivity (Wildman–Crippen MR) is 125 cm³/mol. The van der Waals surface area contributed by atoms with Crippen molar-refractivity contribution in [3.05, 3.63) is 84.1 Å². The van der Waals surface area contributed by atoms with E-state index in [2.05, 4.69) is 29.2 Å². The number of ether oxygens (including phenoxy) is 1. The summed E-state index contributed by atoms with van der Waals surface area (Å²) >= 11 is 0. The number of benzene rings is 2. The Bertz CT molecular complexity index is 1110. The molecule has 6 heteroatoms. The normalized spacial score (nSPS) is 19.4. The number of anilines is 1. The highest BCUT2D eigenvalue weighted by molar-refractivity contribution is 5.87. The van der Waals surface area contributed by atoms with Crippen molar-refractivity contribution in [2.24, 2.45) is 5.92 Å². The minimum atomic E-state index is -0.765. The number of nitrogens with zero attached hydrogens (tertiary/aromatic N) is 2. The summed E-state index contributed by atoms with van der Waals surface area (Å²) in [5, 5.41) is 9.34. The second-order valence-corrected chi connectivity index (χ2v) is 8.71. The van der Waals surface area contributed by atoms with Crippen molar-refractivity contribution >= 4 is 17.9 Å². The van der Waals surface area contributed by atoms with Crippen molar-refractivity contribution < 1.29 is 19.4 Å². The highest BCUT2D eigenvalue weighted by atomic mass is 16.6. The largest absolute Gasteiger partial charge is 0.481 e. The SMILES string of the molecule is O=C(O)C1CCC(N(C(=O)OCC2c3ccccc3-c3ccccc32)c2ccccn2)CC1. The van der Waals surface area contributed by atoms with Gasteiger partial charge in [0.15, 0.2) is 0 Å². The van der Waals surface area contributed by atoms with Crippen LogP contribution in [-0.2, 0) is 9.53 Å². The highest BCUT2D eigenvalue weighted by Gasteiger charge is 2.35. The lowest BCUT2D eigenvalue weighted by Gasteiger charge is -2.34. The molecule has 1 aromatic heterocycles. The number of amides is 1. The Hall–Kier alpha value is -3.67. The van der Waals surface area contributed by atoms with Crippen LogP contribution in [0, 0.1) is 5.92 Å². The summed E-state index contributed by atoms with van der Waals surface area (Å²) in [7, 11) is 0. The molecule has 0 radical (unpaired) electrons. The molecule has 2 aliphatic carbocycles. The molecular weight excluding hydrogens is 416 g/mol. The summed E-state index contributed by atoms with van der Waals surface area (Å²) in [6.45, 7) is 0.237. The van der Waals surface area contributed by atoms with Gasteiger partial charge in [-0.25, -0.2) is 9.78 Å². The number of hydrogen-bond acceptors (Lipinski definition) is 4. The monoisotopic (exact) mass is 442 g/mol. The molecular formula is C27H26N2O4. The fourth-order valence-electron chi connectivity index (χ4n) is 5.17. The van der Waals surface area contributed by atoms with Crippen LogP contribution in [0.5, 0.6) is 0 Å². The third kappa shape index (κ3) is 4.09. The van der Waals surface area contributed by atoms with E-state index in [-0.39, 0.29) is 24.5 Å². The van der Waals surface area contributed by atoms with Gasteiger partial charge in [0.05, 0.1) is 5.92 Å². The molecule has 0 atom stereocenters. The molecule has 2 aromatic carbocycles. The van der Waals surface area contributed by atoms with Gasteiger partial charge < -0.3 is 9.84 Å². The zero-order valence-electron chi connectivity index (χ0n) is 18.3. The van der Waals surface area contributed by atoms with Gasteiger partial charge in [0.1, 0.15) is 12.4 Å². The van der Waals surface area contributed by atoms with Gasteiger partial charge in [0.2, 0.25) is 0 Å².